The Hall–Kier alpha value is -3.98. The molecule has 0 spiro atoms. The number of carbonyl (C=O) groups is 2. The zero-order chi connectivity index (χ0) is 24.0. The SMILES string of the molecule is O=C(CSc1nnc(-c2cccnc2)n1Cc1ccccc1)Nc1ccccc1C(=O)NC1CC1. The molecular formula is C26H24N6O2S. The predicted octanol–water partition coefficient (Wildman–Crippen LogP) is 4.01. The van der Waals surface area contributed by atoms with Crippen LogP contribution in [0.3, 0.4) is 0 Å². The van der Waals surface area contributed by atoms with Crippen LogP contribution in [0.1, 0.15) is 28.8 Å². The lowest BCUT2D eigenvalue weighted by molar-refractivity contribution is -0.113. The number of thioether (sulfide) groups is 1. The average Bonchev–Trinajstić information content (AvgIpc) is 3.62. The highest BCUT2D eigenvalue weighted by Crippen LogP contribution is 2.26. The van der Waals surface area contributed by atoms with Gasteiger partial charge in [0.15, 0.2) is 11.0 Å². The van der Waals surface area contributed by atoms with E-state index >= 15 is 0 Å². The second-order valence-corrected chi connectivity index (χ2v) is 9.19. The molecule has 35 heavy (non-hydrogen) atoms. The number of nitrogens with one attached hydrogen (secondary N) is 2. The summed E-state index contributed by atoms with van der Waals surface area (Å²) >= 11 is 1.30. The Morgan fingerprint density at radius 2 is 1.77 bits per heavy atom. The molecule has 1 aliphatic carbocycles. The number of aromatic nitrogens is 4. The Morgan fingerprint density at radius 1 is 0.971 bits per heavy atom. The van der Waals surface area contributed by atoms with E-state index in [1.165, 1.54) is 11.8 Å². The van der Waals surface area contributed by atoms with Crippen LogP contribution in [0.4, 0.5) is 5.69 Å². The lowest BCUT2D eigenvalue weighted by atomic mass is 10.1. The fourth-order valence-corrected chi connectivity index (χ4v) is 4.35. The Kier molecular flexibility index (Phi) is 6.85. The molecule has 1 saturated carbocycles. The molecule has 0 atom stereocenters. The third-order valence-corrected chi connectivity index (χ3v) is 6.48. The van der Waals surface area contributed by atoms with Crippen LogP contribution >= 0.6 is 11.8 Å². The standard InChI is InChI=1S/C26H24N6O2S/c33-23(29-22-11-5-4-10-21(22)25(34)28-20-12-13-20)17-35-26-31-30-24(19-9-6-14-27-15-19)32(26)16-18-7-2-1-3-8-18/h1-11,14-15,20H,12-13,16-17H2,(H,28,34)(H,29,33). The maximum absolute atomic E-state index is 12.8. The molecule has 0 aliphatic heterocycles. The number of anilines is 1. The van der Waals surface area contributed by atoms with Crippen molar-refractivity contribution in [2.75, 3.05) is 11.1 Å². The van der Waals surface area contributed by atoms with Gasteiger partial charge in [-0.3, -0.25) is 19.1 Å². The summed E-state index contributed by atoms with van der Waals surface area (Å²) in [4.78, 5) is 29.5. The summed E-state index contributed by atoms with van der Waals surface area (Å²) < 4.78 is 1.99. The number of hydrogen-bond donors (Lipinski definition) is 2. The van der Waals surface area contributed by atoms with E-state index in [-0.39, 0.29) is 23.6 Å². The summed E-state index contributed by atoms with van der Waals surface area (Å²) in [5, 5.41) is 15.2. The lowest BCUT2D eigenvalue weighted by Gasteiger charge is -2.12. The summed E-state index contributed by atoms with van der Waals surface area (Å²) in [5.74, 6) is 0.420. The van der Waals surface area contributed by atoms with Crippen LogP contribution in [0.5, 0.6) is 0 Å². The average molecular weight is 485 g/mol. The summed E-state index contributed by atoms with van der Waals surface area (Å²) in [6.07, 6.45) is 5.46. The molecule has 2 heterocycles. The molecule has 0 bridgehead atoms. The quantitative estimate of drug-likeness (QED) is 0.348. The summed E-state index contributed by atoms with van der Waals surface area (Å²) in [5.41, 5.74) is 2.91. The summed E-state index contributed by atoms with van der Waals surface area (Å²) in [6, 6.07) is 21.1. The highest BCUT2D eigenvalue weighted by atomic mass is 32.2. The molecule has 0 radical (unpaired) electrons. The van der Waals surface area contributed by atoms with E-state index < -0.39 is 0 Å². The Morgan fingerprint density at radius 3 is 2.54 bits per heavy atom. The topological polar surface area (TPSA) is 102 Å². The molecule has 2 N–H and O–H groups in total. The summed E-state index contributed by atoms with van der Waals surface area (Å²) in [7, 11) is 0. The lowest BCUT2D eigenvalue weighted by Crippen LogP contribution is -2.27. The first-order valence-electron chi connectivity index (χ1n) is 11.4. The Labute approximate surface area is 207 Å². The second-order valence-electron chi connectivity index (χ2n) is 8.25. The Balaban J connectivity index is 1.31. The number of carbonyl (C=O) groups excluding carboxylic acids is 2. The van der Waals surface area contributed by atoms with Gasteiger partial charge in [0, 0.05) is 24.0 Å². The first-order valence-corrected chi connectivity index (χ1v) is 12.4. The van der Waals surface area contributed by atoms with Crippen molar-refractivity contribution in [2.24, 2.45) is 0 Å². The van der Waals surface area contributed by atoms with Crippen LogP contribution in [-0.4, -0.2) is 43.4 Å². The van der Waals surface area contributed by atoms with Gasteiger partial charge < -0.3 is 10.6 Å². The van der Waals surface area contributed by atoms with Gasteiger partial charge >= 0.3 is 0 Å². The minimum absolute atomic E-state index is 0.124. The number of amides is 2. The monoisotopic (exact) mass is 484 g/mol. The van der Waals surface area contributed by atoms with Gasteiger partial charge in [0.2, 0.25) is 5.91 Å². The first kappa shape index (κ1) is 22.8. The highest BCUT2D eigenvalue weighted by molar-refractivity contribution is 7.99. The zero-order valence-corrected chi connectivity index (χ0v) is 19.7. The highest BCUT2D eigenvalue weighted by Gasteiger charge is 2.25. The van der Waals surface area contributed by atoms with Gasteiger partial charge in [0.25, 0.3) is 5.91 Å². The van der Waals surface area contributed by atoms with Crippen LogP contribution < -0.4 is 10.6 Å². The van der Waals surface area contributed by atoms with Crippen molar-refractivity contribution >= 4 is 29.3 Å². The zero-order valence-electron chi connectivity index (χ0n) is 18.9. The first-order chi connectivity index (χ1) is 17.2. The molecular weight excluding hydrogens is 460 g/mol. The molecule has 5 rings (SSSR count). The molecule has 1 aliphatic rings. The minimum atomic E-state index is -0.223. The predicted molar refractivity (Wildman–Crippen MR) is 135 cm³/mol. The number of rotatable bonds is 9. The third-order valence-electron chi connectivity index (χ3n) is 5.51. The molecule has 1 fully saturated rings. The van der Waals surface area contributed by atoms with Crippen molar-refractivity contribution in [2.45, 2.75) is 30.6 Å². The number of benzene rings is 2. The van der Waals surface area contributed by atoms with Crippen LogP contribution in [0.2, 0.25) is 0 Å². The molecule has 0 saturated heterocycles. The molecule has 2 aromatic heterocycles. The molecule has 176 valence electrons. The van der Waals surface area contributed by atoms with E-state index in [1.807, 2.05) is 47.0 Å². The van der Waals surface area contributed by atoms with E-state index in [1.54, 1.807) is 36.7 Å². The fraction of sp³-hybridized carbons (Fsp3) is 0.192. The van der Waals surface area contributed by atoms with Gasteiger partial charge in [-0.2, -0.15) is 0 Å². The van der Waals surface area contributed by atoms with Crippen LogP contribution in [0, 0.1) is 0 Å². The van der Waals surface area contributed by atoms with E-state index in [0.29, 0.717) is 28.8 Å². The van der Waals surface area contributed by atoms with Gasteiger partial charge in [-0.05, 0) is 42.7 Å². The molecule has 9 heteroatoms. The number of para-hydroxylation sites is 1. The second kappa shape index (κ2) is 10.5. The molecule has 0 unspecified atom stereocenters. The molecule has 8 nitrogen and oxygen atoms in total. The van der Waals surface area contributed by atoms with Gasteiger partial charge in [-0.25, -0.2) is 0 Å². The van der Waals surface area contributed by atoms with E-state index in [9.17, 15) is 9.59 Å². The molecule has 4 aromatic rings. The third kappa shape index (κ3) is 5.75. The van der Waals surface area contributed by atoms with E-state index in [4.69, 9.17) is 0 Å². The Bertz CT molecular complexity index is 1320. The van der Waals surface area contributed by atoms with Crippen LogP contribution in [0.15, 0.2) is 84.3 Å². The number of hydrogen-bond acceptors (Lipinski definition) is 6. The van der Waals surface area contributed by atoms with Gasteiger partial charge in [-0.15, -0.1) is 10.2 Å². The van der Waals surface area contributed by atoms with Crippen molar-refractivity contribution < 1.29 is 9.59 Å². The van der Waals surface area contributed by atoms with Crippen molar-refractivity contribution in [3.63, 3.8) is 0 Å². The number of nitrogens with zero attached hydrogens (tertiary/aromatic N) is 4. The van der Waals surface area contributed by atoms with Gasteiger partial charge in [-0.1, -0.05) is 54.2 Å². The molecule has 2 aromatic carbocycles. The molecule has 2 amide bonds. The normalized spacial score (nSPS) is 12.8. The van der Waals surface area contributed by atoms with Crippen molar-refractivity contribution in [1.29, 1.82) is 0 Å². The van der Waals surface area contributed by atoms with Crippen LogP contribution in [0.25, 0.3) is 11.4 Å². The minimum Gasteiger partial charge on any atom is -0.349 e. The largest absolute Gasteiger partial charge is 0.349 e. The van der Waals surface area contributed by atoms with Gasteiger partial charge in [0.05, 0.1) is 23.5 Å². The van der Waals surface area contributed by atoms with Gasteiger partial charge in [0.1, 0.15) is 0 Å². The number of pyridine rings is 1. The maximum Gasteiger partial charge on any atom is 0.253 e. The van der Waals surface area contributed by atoms with Crippen LogP contribution in [-0.2, 0) is 11.3 Å². The maximum atomic E-state index is 12.8. The van der Waals surface area contributed by atoms with E-state index in [2.05, 4.69) is 25.8 Å². The van der Waals surface area contributed by atoms with E-state index in [0.717, 1.165) is 24.0 Å². The summed E-state index contributed by atoms with van der Waals surface area (Å²) in [6.45, 7) is 0.562. The van der Waals surface area contributed by atoms with Crippen molar-refractivity contribution in [3.8, 4) is 11.4 Å². The van der Waals surface area contributed by atoms with Crippen molar-refractivity contribution in [3.05, 3.63) is 90.3 Å². The smallest absolute Gasteiger partial charge is 0.253 e. The van der Waals surface area contributed by atoms with Crippen molar-refractivity contribution in [1.82, 2.24) is 25.1 Å². The fourth-order valence-electron chi connectivity index (χ4n) is 3.61.